The second-order valence-electron chi connectivity index (χ2n) is 8.15. The number of hydrogen-bond donors (Lipinski definition) is 1. The van der Waals surface area contributed by atoms with E-state index in [0.717, 1.165) is 37.8 Å². The molecule has 2 aliphatic heterocycles. The molecule has 1 unspecified atom stereocenters. The van der Waals surface area contributed by atoms with Crippen LogP contribution in [0.1, 0.15) is 31.4 Å². The molecule has 8 heteroatoms. The standard InChI is InChI=1S/C21H35N5O2.HI/c1-24(2)20(27)15-23-21(22-10-8-19-7-6-14-28-19)26-13-9-18(17-26)16-25-11-4-3-5-12-25;/h6-7,14,18H,3-5,8-13,15-17H2,1-2H3,(H,22,23);1H. The number of furan rings is 1. The summed E-state index contributed by atoms with van der Waals surface area (Å²) in [6.45, 7) is 6.62. The lowest BCUT2D eigenvalue weighted by molar-refractivity contribution is -0.127. The molecule has 29 heavy (non-hydrogen) atoms. The largest absolute Gasteiger partial charge is 0.469 e. The maximum absolute atomic E-state index is 12.0. The van der Waals surface area contributed by atoms with Crippen molar-refractivity contribution >= 4 is 35.8 Å². The third-order valence-electron chi connectivity index (χ3n) is 5.65. The van der Waals surface area contributed by atoms with Crippen molar-refractivity contribution in [3.63, 3.8) is 0 Å². The van der Waals surface area contributed by atoms with Gasteiger partial charge in [-0.15, -0.1) is 24.0 Å². The van der Waals surface area contributed by atoms with Crippen LogP contribution in [0.5, 0.6) is 0 Å². The second-order valence-corrected chi connectivity index (χ2v) is 8.15. The number of nitrogens with zero attached hydrogens (tertiary/aromatic N) is 4. The summed E-state index contributed by atoms with van der Waals surface area (Å²) in [5.74, 6) is 2.51. The normalized spacial score (nSPS) is 20.4. The summed E-state index contributed by atoms with van der Waals surface area (Å²) in [6, 6.07) is 3.89. The predicted molar refractivity (Wildman–Crippen MR) is 127 cm³/mol. The molecular weight excluding hydrogens is 481 g/mol. The van der Waals surface area contributed by atoms with Gasteiger partial charge in [-0.3, -0.25) is 4.79 Å². The van der Waals surface area contributed by atoms with Gasteiger partial charge >= 0.3 is 0 Å². The number of amides is 1. The molecule has 1 N–H and O–H groups in total. The molecule has 0 radical (unpaired) electrons. The summed E-state index contributed by atoms with van der Waals surface area (Å²) in [4.78, 5) is 23.2. The third-order valence-corrected chi connectivity index (χ3v) is 5.65. The highest BCUT2D eigenvalue weighted by Crippen LogP contribution is 2.20. The van der Waals surface area contributed by atoms with E-state index in [1.807, 2.05) is 12.1 Å². The maximum atomic E-state index is 12.0. The average Bonchev–Trinajstić information content (AvgIpc) is 3.37. The third kappa shape index (κ3) is 7.81. The first-order valence-corrected chi connectivity index (χ1v) is 10.6. The van der Waals surface area contributed by atoms with Gasteiger partial charge < -0.3 is 24.4 Å². The molecule has 0 saturated carbocycles. The van der Waals surface area contributed by atoms with Crippen LogP contribution in [0.4, 0.5) is 0 Å². The fraction of sp³-hybridized carbons (Fsp3) is 0.714. The first kappa shape index (κ1) is 24.0. The number of nitrogens with one attached hydrogen (secondary N) is 1. The summed E-state index contributed by atoms with van der Waals surface area (Å²) in [5, 5.41) is 3.45. The lowest BCUT2D eigenvalue weighted by Crippen LogP contribution is -2.42. The number of carbonyl (C=O) groups is 1. The van der Waals surface area contributed by atoms with Crippen LogP contribution < -0.4 is 5.32 Å². The second kappa shape index (κ2) is 12.4. The summed E-state index contributed by atoms with van der Waals surface area (Å²) in [5.41, 5.74) is 0. The van der Waals surface area contributed by atoms with Crippen molar-refractivity contribution in [1.82, 2.24) is 20.0 Å². The summed E-state index contributed by atoms with van der Waals surface area (Å²) >= 11 is 0. The van der Waals surface area contributed by atoms with Crippen molar-refractivity contribution in [2.75, 3.05) is 59.9 Å². The van der Waals surface area contributed by atoms with Crippen LogP contribution in [-0.2, 0) is 11.2 Å². The number of likely N-dealkylation sites (tertiary alicyclic amines) is 2. The molecule has 3 heterocycles. The van der Waals surface area contributed by atoms with Crippen LogP contribution in [0, 0.1) is 5.92 Å². The first-order chi connectivity index (χ1) is 13.6. The van der Waals surface area contributed by atoms with Crippen molar-refractivity contribution in [3.8, 4) is 0 Å². The fourth-order valence-electron chi connectivity index (χ4n) is 3.99. The summed E-state index contributed by atoms with van der Waals surface area (Å²) < 4.78 is 5.41. The van der Waals surface area contributed by atoms with Gasteiger partial charge in [0.2, 0.25) is 5.91 Å². The van der Waals surface area contributed by atoms with Gasteiger partial charge in [0.25, 0.3) is 0 Å². The Morgan fingerprint density at radius 3 is 2.76 bits per heavy atom. The number of halogens is 1. The lowest BCUT2D eigenvalue weighted by atomic mass is 10.1. The van der Waals surface area contributed by atoms with Crippen LogP contribution in [0.3, 0.4) is 0 Å². The molecule has 1 aromatic rings. The number of carbonyl (C=O) groups excluding carboxylic acids is 1. The minimum absolute atomic E-state index is 0. The Bertz CT molecular complexity index is 629. The Morgan fingerprint density at radius 2 is 2.07 bits per heavy atom. The molecular formula is C21H36IN5O2. The molecule has 3 rings (SSSR count). The average molecular weight is 517 g/mol. The Balaban J connectivity index is 0.00000300. The molecule has 0 aromatic carbocycles. The van der Waals surface area contributed by atoms with Gasteiger partial charge in [0.1, 0.15) is 12.3 Å². The van der Waals surface area contributed by atoms with E-state index in [9.17, 15) is 4.79 Å². The van der Waals surface area contributed by atoms with Crippen molar-refractivity contribution in [3.05, 3.63) is 24.2 Å². The van der Waals surface area contributed by atoms with E-state index in [0.29, 0.717) is 5.92 Å². The highest BCUT2D eigenvalue weighted by atomic mass is 127. The topological polar surface area (TPSA) is 64.3 Å². The molecule has 2 fully saturated rings. The SMILES string of the molecule is CN(C)C(=O)CN=C(NCCc1ccco1)N1CCC(CN2CCCCC2)C1.I. The predicted octanol–water partition coefficient (Wildman–Crippen LogP) is 2.28. The number of piperidine rings is 1. The zero-order valence-corrected chi connectivity index (χ0v) is 20.1. The zero-order chi connectivity index (χ0) is 19.8. The molecule has 0 spiro atoms. The van der Waals surface area contributed by atoms with Crippen molar-refractivity contribution in [2.45, 2.75) is 32.1 Å². The molecule has 0 aliphatic carbocycles. The van der Waals surface area contributed by atoms with Crippen LogP contribution >= 0.6 is 24.0 Å². The minimum Gasteiger partial charge on any atom is -0.469 e. The monoisotopic (exact) mass is 517 g/mol. The molecule has 1 amide bonds. The van der Waals surface area contributed by atoms with Gasteiger partial charge in [-0.1, -0.05) is 6.42 Å². The highest BCUT2D eigenvalue weighted by molar-refractivity contribution is 14.0. The van der Waals surface area contributed by atoms with Crippen molar-refractivity contribution in [2.24, 2.45) is 10.9 Å². The van der Waals surface area contributed by atoms with Gasteiger partial charge in [0, 0.05) is 46.7 Å². The number of hydrogen-bond acceptors (Lipinski definition) is 4. The van der Waals surface area contributed by atoms with Gasteiger partial charge in [0.05, 0.1) is 6.26 Å². The molecule has 7 nitrogen and oxygen atoms in total. The Labute approximate surface area is 191 Å². The number of rotatable bonds is 7. The fourth-order valence-corrected chi connectivity index (χ4v) is 3.99. The van der Waals surface area contributed by atoms with E-state index in [-0.39, 0.29) is 36.4 Å². The first-order valence-electron chi connectivity index (χ1n) is 10.6. The lowest BCUT2D eigenvalue weighted by Gasteiger charge is -2.29. The van der Waals surface area contributed by atoms with E-state index in [1.54, 1.807) is 25.3 Å². The highest BCUT2D eigenvalue weighted by Gasteiger charge is 2.27. The van der Waals surface area contributed by atoms with Crippen molar-refractivity contribution in [1.29, 1.82) is 0 Å². The number of likely N-dealkylation sites (N-methyl/N-ethyl adjacent to an activating group) is 1. The van der Waals surface area contributed by atoms with E-state index < -0.39 is 0 Å². The van der Waals surface area contributed by atoms with Gasteiger partial charge in [0.15, 0.2) is 5.96 Å². The van der Waals surface area contributed by atoms with E-state index in [2.05, 4.69) is 20.1 Å². The van der Waals surface area contributed by atoms with Crippen LogP contribution in [0.15, 0.2) is 27.8 Å². The minimum atomic E-state index is 0. The Kier molecular flexibility index (Phi) is 10.3. The summed E-state index contributed by atoms with van der Waals surface area (Å²) in [6.07, 6.45) is 7.75. The number of guanidine groups is 1. The smallest absolute Gasteiger partial charge is 0.243 e. The van der Waals surface area contributed by atoms with Crippen LogP contribution in [0.25, 0.3) is 0 Å². The van der Waals surface area contributed by atoms with E-state index in [1.165, 1.54) is 45.3 Å². The zero-order valence-electron chi connectivity index (χ0n) is 17.8. The quantitative estimate of drug-likeness (QED) is 0.342. The molecule has 1 aromatic heterocycles. The molecule has 2 aliphatic rings. The molecule has 164 valence electrons. The van der Waals surface area contributed by atoms with Crippen LogP contribution in [0.2, 0.25) is 0 Å². The maximum Gasteiger partial charge on any atom is 0.243 e. The van der Waals surface area contributed by atoms with E-state index in [4.69, 9.17) is 4.42 Å². The van der Waals surface area contributed by atoms with E-state index >= 15 is 0 Å². The van der Waals surface area contributed by atoms with Crippen molar-refractivity contribution < 1.29 is 9.21 Å². The molecule has 2 saturated heterocycles. The summed E-state index contributed by atoms with van der Waals surface area (Å²) in [7, 11) is 3.54. The Hall–Kier alpha value is -1.29. The molecule has 1 atom stereocenters. The van der Waals surface area contributed by atoms with Gasteiger partial charge in [-0.25, -0.2) is 4.99 Å². The van der Waals surface area contributed by atoms with Gasteiger partial charge in [-0.05, 0) is 50.4 Å². The molecule has 0 bridgehead atoms. The van der Waals surface area contributed by atoms with Crippen LogP contribution in [-0.4, -0.2) is 86.5 Å². The number of aliphatic imine (C=N–C) groups is 1. The van der Waals surface area contributed by atoms with Gasteiger partial charge in [-0.2, -0.15) is 0 Å². The Morgan fingerprint density at radius 1 is 1.28 bits per heavy atom.